The highest BCUT2D eigenvalue weighted by Crippen LogP contribution is 2.22. The third-order valence-electron chi connectivity index (χ3n) is 3.96. The van der Waals surface area contributed by atoms with E-state index in [2.05, 4.69) is 38.1 Å². The van der Waals surface area contributed by atoms with E-state index < -0.39 is 0 Å². The number of aromatic amines is 1. The molecule has 1 heterocycles. The lowest BCUT2D eigenvalue weighted by Gasteiger charge is -2.31. The number of quaternary nitrogens is 1. The van der Waals surface area contributed by atoms with Crippen LogP contribution in [0.2, 0.25) is 0 Å². The van der Waals surface area contributed by atoms with Crippen molar-refractivity contribution in [2.75, 3.05) is 20.1 Å². The van der Waals surface area contributed by atoms with Gasteiger partial charge in [-0.15, -0.1) is 0 Å². The second kappa shape index (κ2) is 5.05. The third kappa shape index (κ3) is 2.49. The standard InChI is InChI=1S/C15H21N3O/c1-5-18(4,6-2)14-9-7-8-13(11-14)17-15(19)10-12(3)16-17/h7-11H,5-6H2,1-4H3/p+1. The highest BCUT2D eigenvalue weighted by Gasteiger charge is 2.20. The highest BCUT2D eigenvalue weighted by molar-refractivity contribution is 5.50. The Balaban J connectivity index is 2.51. The van der Waals surface area contributed by atoms with Gasteiger partial charge in [0.2, 0.25) is 0 Å². The quantitative estimate of drug-likeness (QED) is 0.842. The van der Waals surface area contributed by atoms with Gasteiger partial charge in [-0.05, 0) is 32.9 Å². The second-order valence-electron chi connectivity index (χ2n) is 5.16. The maximum absolute atomic E-state index is 11.9. The Morgan fingerprint density at radius 3 is 2.42 bits per heavy atom. The SMILES string of the molecule is CC[N+](C)(CC)c1cccc(-n2[nH]c(C)cc2=O)c1. The van der Waals surface area contributed by atoms with Crippen LogP contribution >= 0.6 is 0 Å². The molecular formula is C15H22N3O+. The van der Waals surface area contributed by atoms with Gasteiger partial charge >= 0.3 is 0 Å². The van der Waals surface area contributed by atoms with Crippen LogP contribution in [0.25, 0.3) is 5.69 Å². The Kier molecular flexibility index (Phi) is 3.62. The van der Waals surface area contributed by atoms with Gasteiger partial charge in [0.15, 0.2) is 0 Å². The van der Waals surface area contributed by atoms with E-state index in [1.807, 2.05) is 19.1 Å². The van der Waals surface area contributed by atoms with Crippen molar-refractivity contribution in [3.05, 3.63) is 46.4 Å². The van der Waals surface area contributed by atoms with Crippen molar-refractivity contribution in [1.29, 1.82) is 0 Å². The van der Waals surface area contributed by atoms with Crippen LogP contribution in [0.4, 0.5) is 5.69 Å². The Morgan fingerprint density at radius 1 is 1.21 bits per heavy atom. The summed E-state index contributed by atoms with van der Waals surface area (Å²) in [4.78, 5) is 11.9. The van der Waals surface area contributed by atoms with Gasteiger partial charge in [-0.1, -0.05) is 6.07 Å². The molecule has 1 aromatic heterocycles. The minimum Gasteiger partial charge on any atom is -0.295 e. The number of H-pyrrole nitrogens is 1. The molecule has 19 heavy (non-hydrogen) atoms. The molecule has 2 rings (SSSR count). The van der Waals surface area contributed by atoms with Crippen molar-refractivity contribution in [2.24, 2.45) is 0 Å². The first-order chi connectivity index (χ1) is 9.00. The molecule has 1 N–H and O–H groups in total. The zero-order valence-electron chi connectivity index (χ0n) is 12.1. The van der Waals surface area contributed by atoms with Gasteiger partial charge in [0.25, 0.3) is 5.56 Å². The molecule has 0 saturated carbocycles. The van der Waals surface area contributed by atoms with Crippen molar-refractivity contribution in [3.8, 4) is 5.69 Å². The first-order valence-corrected chi connectivity index (χ1v) is 6.74. The van der Waals surface area contributed by atoms with Gasteiger partial charge in [0.1, 0.15) is 5.69 Å². The lowest BCUT2D eigenvalue weighted by molar-refractivity contribution is 0.365. The number of nitrogens with one attached hydrogen (secondary N) is 1. The maximum atomic E-state index is 11.9. The number of hydrogen-bond acceptors (Lipinski definition) is 1. The number of nitrogens with zero attached hydrogens (tertiary/aromatic N) is 2. The fraction of sp³-hybridized carbons (Fsp3) is 0.400. The van der Waals surface area contributed by atoms with Crippen molar-refractivity contribution >= 4 is 5.69 Å². The van der Waals surface area contributed by atoms with Crippen molar-refractivity contribution < 1.29 is 0 Å². The van der Waals surface area contributed by atoms with E-state index in [4.69, 9.17) is 0 Å². The average molecular weight is 260 g/mol. The number of rotatable bonds is 4. The number of aromatic nitrogens is 2. The van der Waals surface area contributed by atoms with Crippen LogP contribution in [-0.4, -0.2) is 29.9 Å². The fourth-order valence-electron chi connectivity index (χ4n) is 2.26. The molecule has 0 radical (unpaired) electrons. The highest BCUT2D eigenvalue weighted by atomic mass is 16.1. The summed E-state index contributed by atoms with van der Waals surface area (Å²) in [5, 5.41) is 3.07. The van der Waals surface area contributed by atoms with Crippen molar-refractivity contribution in [2.45, 2.75) is 20.8 Å². The van der Waals surface area contributed by atoms with E-state index in [9.17, 15) is 4.79 Å². The average Bonchev–Trinajstić information content (AvgIpc) is 2.77. The third-order valence-corrected chi connectivity index (χ3v) is 3.96. The summed E-state index contributed by atoms with van der Waals surface area (Å²) in [5.41, 5.74) is 2.97. The smallest absolute Gasteiger partial charge is 0.271 e. The van der Waals surface area contributed by atoms with Gasteiger partial charge in [0.05, 0.1) is 25.8 Å². The van der Waals surface area contributed by atoms with Crippen LogP contribution in [0, 0.1) is 6.92 Å². The molecule has 0 aliphatic carbocycles. The van der Waals surface area contributed by atoms with E-state index in [-0.39, 0.29) is 5.56 Å². The van der Waals surface area contributed by atoms with Crippen molar-refractivity contribution in [1.82, 2.24) is 14.3 Å². The second-order valence-corrected chi connectivity index (χ2v) is 5.16. The van der Waals surface area contributed by atoms with Crippen LogP contribution in [0.15, 0.2) is 35.1 Å². The Bertz CT molecular complexity index is 620. The Labute approximate surface area is 113 Å². The van der Waals surface area contributed by atoms with Gasteiger partial charge in [-0.3, -0.25) is 14.4 Å². The summed E-state index contributed by atoms with van der Waals surface area (Å²) < 4.78 is 2.46. The van der Waals surface area contributed by atoms with Gasteiger partial charge in [-0.2, -0.15) is 0 Å². The molecule has 1 aromatic carbocycles. The molecule has 0 fully saturated rings. The van der Waals surface area contributed by atoms with E-state index >= 15 is 0 Å². The molecule has 0 saturated heterocycles. The van der Waals surface area contributed by atoms with E-state index in [1.54, 1.807) is 10.7 Å². The maximum Gasteiger partial charge on any atom is 0.271 e. The van der Waals surface area contributed by atoms with E-state index in [0.717, 1.165) is 29.0 Å². The van der Waals surface area contributed by atoms with E-state index in [1.165, 1.54) is 5.69 Å². The van der Waals surface area contributed by atoms with Crippen molar-refractivity contribution in [3.63, 3.8) is 0 Å². The summed E-state index contributed by atoms with van der Waals surface area (Å²) in [6.07, 6.45) is 0. The minimum atomic E-state index is -0.0168. The molecule has 0 spiro atoms. The number of aryl methyl sites for hydroxylation is 1. The first kappa shape index (κ1) is 13.6. The molecule has 0 amide bonds. The van der Waals surface area contributed by atoms with Crippen LogP contribution in [0.3, 0.4) is 0 Å². The van der Waals surface area contributed by atoms with Crippen LogP contribution < -0.4 is 10.0 Å². The van der Waals surface area contributed by atoms with Gasteiger partial charge < -0.3 is 0 Å². The monoisotopic (exact) mass is 260 g/mol. The topological polar surface area (TPSA) is 37.8 Å². The van der Waals surface area contributed by atoms with Gasteiger partial charge in [0, 0.05) is 17.8 Å². The molecule has 0 aliphatic heterocycles. The Morgan fingerprint density at radius 2 is 1.89 bits per heavy atom. The van der Waals surface area contributed by atoms with E-state index in [0.29, 0.717) is 0 Å². The zero-order valence-corrected chi connectivity index (χ0v) is 12.1. The summed E-state index contributed by atoms with van der Waals surface area (Å²) >= 11 is 0. The summed E-state index contributed by atoms with van der Waals surface area (Å²) in [6, 6.07) is 9.79. The van der Waals surface area contributed by atoms with Crippen LogP contribution in [0.1, 0.15) is 19.5 Å². The number of hydrogen-bond donors (Lipinski definition) is 1. The van der Waals surface area contributed by atoms with Gasteiger partial charge in [-0.25, -0.2) is 4.68 Å². The Hall–Kier alpha value is -1.81. The minimum absolute atomic E-state index is 0.0168. The molecule has 0 atom stereocenters. The summed E-state index contributed by atoms with van der Waals surface area (Å²) in [7, 11) is 2.21. The number of benzene rings is 1. The zero-order chi connectivity index (χ0) is 14.0. The molecule has 2 aromatic rings. The molecule has 102 valence electrons. The lowest BCUT2D eigenvalue weighted by atomic mass is 10.2. The molecule has 4 heteroatoms. The molecule has 0 unspecified atom stereocenters. The lowest BCUT2D eigenvalue weighted by Crippen LogP contribution is -2.44. The largest absolute Gasteiger partial charge is 0.295 e. The van der Waals surface area contributed by atoms with Crippen LogP contribution in [-0.2, 0) is 0 Å². The molecule has 0 aliphatic rings. The van der Waals surface area contributed by atoms with Crippen LogP contribution in [0.5, 0.6) is 0 Å². The summed E-state index contributed by atoms with van der Waals surface area (Å²) in [5.74, 6) is 0. The molecule has 0 bridgehead atoms. The predicted octanol–water partition coefficient (Wildman–Crippen LogP) is 2.45. The first-order valence-electron chi connectivity index (χ1n) is 6.74. The fourth-order valence-corrected chi connectivity index (χ4v) is 2.26. The molecular weight excluding hydrogens is 238 g/mol. The summed E-state index contributed by atoms with van der Waals surface area (Å²) in [6.45, 7) is 8.31. The predicted molar refractivity (Wildman–Crippen MR) is 79.9 cm³/mol. The normalized spacial score (nSPS) is 11.8. The molecule has 4 nitrogen and oxygen atoms in total.